The average molecular weight is 262 g/mol. The molecule has 2 amide bonds. The fourth-order valence-corrected chi connectivity index (χ4v) is 2.10. The lowest BCUT2D eigenvalue weighted by atomic mass is 10.1. The third-order valence-electron chi connectivity index (χ3n) is 3.18. The first-order valence-corrected chi connectivity index (χ1v) is 6.44. The summed E-state index contributed by atoms with van der Waals surface area (Å²) in [5, 5.41) is 12.5. The predicted molar refractivity (Wildman–Crippen MR) is 70.2 cm³/mol. The number of carbonyl (C=O) groups is 2. The molecule has 1 fully saturated rings. The summed E-state index contributed by atoms with van der Waals surface area (Å²) in [6.07, 6.45) is 0.623. The lowest BCUT2D eigenvalue weighted by molar-refractivity contribution is -0.133. The second-order valence-corrected chi connectivity index (χ2v) is 4.65. The van der Waals surface area contributed by atoms with E-state index in [-0.39, 0.29) is 24.9 Å². The van der Waals surface area contributed by atoms with E-state index < -0.39 is 6.10 Å². The van der Waals surface area contributed by atoms with E-state index in [1.54, 1.807) is 17.0 Å². The fourth-order valence-electron chi connectivity index (χ4n) is 2.10. The van der Waals surface area contributed by atoms with Crippen molar-refractivity contribution in [3.05, 3.63) is 35.9 Å². The monoisotopic (exact) mass is 262 g/mol. The molecule has 5 heteroatoms. The molecule has 0 aliphatic carbocycles. The molecule has 1 aliphatic rings. The van der Waals surface area contributed by atoms with Gasteiger partial charge in [-0.3, -0.25) is 9.59 Å². The van der Waals surface area contributed by atoms with Crippen molar-refractivity contribution in [2.45, 2.75) is 18.9 Å². The van der Waals surface area contributed by atoms with Crippen LogP contribution in [0.25, 0.3) is 0 Å². The molecule has 1 heterocycles. The van der Waals surface area contributed by atoms with Crippen molar-refractivity contribution < 1.29 is 14.7 Å². The Kier molecular flexibility index (Phi) is 4.52. The van der Waals surface area contributed by atoms with Gasteiger partial charge in [-0.1, -0.05) is 30.3 Å². The van der Waals surface area contributed by atoms with Crippen molar-refractivity contribution in [2.24, 2.45) is 0 Å². The number of hydrogen-bond acceptors (Lipinski definition) is 3. The number of amides is 2. The Morgan fingerprint density at radius 2 is 2.11 bits per heavy atom. The van der Waals surface area contributed by atoms with Gasteiger partial charge in [0.2, 0.25) is 11.8 Å². The van der Waals surface area contributed by atoms with Gasteiger partial charge >= 0.3 is 0 Å². The van der Waals surface area contributed by atoms with Crippen molar-refractivity contribution in [3.63, 3.8) is 0 Å². The minimum atomic E-state index is -0.723. The molecule has 0 aromatic heterocycles. The van der Waals surface area contributed by atoms with Gasteiger partial charge in [0.1, 0.15) is 0 Å². The summed E-state index contributed by atoms with van der Waals surface area (Å²) in [6.45, 7) is 0.888. The van der Waals surface area contributed by atoms with Gasteiger partial charge in [-0.25, -0.2) is 0 Å². The van der Waals surface area contributed by atoms with E-state index in [1.165, 1.54) is 0 Å². The molecule has 19 heavy (non-hydrogen) atoms. The summed E-state index contributed by atoms with van der Waals surface area (Å²) >= 11 is 0. The quantitative estimate of drug-likeness (QED) is 0.810. The van der Waals surface area contributed by atoms with Crippen LogP contribution in [0.3, 0.4) is 0 Å². The van der Waals surface area contributed by atoms with Crippen LogP contribution in [-0.2, 0) is 9.59 Å². The number of nitrogens with one attached hydrogen (secondary N) is 1. The van der Waals surface area contributed by atoms with Crippen molar-refractivity contribution in [3.8, 4) is 0 Å². The molecule has 0 saturated carbocycles. The van der Waals surface area contributed by atoms with Crippen molar-refractivity contribution >= 4 is 11.8 Å². The first kappa shape index (κ1) is 13.5. The zero-order valence-corrected chi connectivity index (χ0v) is 10.7. The van der Waals surface area contributed by atoms with Crippen molar-refractivity contribution in [2.75, 3.05) is 19.6 Å². The van der Waals surface area contributed by atoms with Gasteiger partial charge in [0.05, 0.1) is 12.6 Å². The number of benzene rings is 1. The number of likely N-dealkylation sites (tertiary alicyclic amines) is 1. The standard InChI is InChI=1S/C14H18N2O3/c17-12(11-5-2-1-3-6-11)9-15-13(18)10-16-8-4-7-14(16)19/h1-3,5-6,12,17H,4,7-10H2,(H,15,18). The number of aliphatic hydroxyl groups excluding tert-OH is 1. The highest BCUT2D eigenvalue weighted by Gasteiger charge is 2.22. The van der Waals surface area contributed by atoms with Gasteiger partial charge in [-0.2, -0.15) is 0 Å². The minimum Gasteiger partial charge on any atom is -0.387 e. The summed E-state index contributed by atoms with van der Waals surface area (Å²) < 4.78 is 0. The highest BCUT2D eigenvalue weighted by molar-refractivity contribution is 5.85. The number of carbonyl (C=O) groups excluding carboxylic acids is 2. The van der Waals surface area contributed by atoms with E-state index in [4.69, 9.17) is 0 Å². The molecule has 0 spiro atoms. The molecule has 2 N–H and O–H groups in total. The van der Waals surface area contributed by atoms with Crippen LogP contribution < -0.4 is 5.32 Å². The van der Waals surface area contributed by atoms with E-state index in [0.717, 1.165) is 12.0 Å². The topological polar surface area (TPSA) is 69.6 Å². The predicted octanol–water partition coefficient (Wildman–Crippen LogP) is 0.459. The Balaban J connectivity index is 1.76. The van der Waals surface area contributed by atoms with Gasteiger partial charge in [0.15, 0.2) is 0 Å². The summed E-state index contributed by atoms with van der Waals surface area (Å²) in [6, 6.07) is 9.15. The van der Waals surface area contributed by atoms with E-state index in [0.29, 0.717) is 13.0 Å². The Hall–Kier alpha value is -1.88. The molecule has 102 valence electrons. The summed E-state index contributed by atoms with van der Waals surface area (Å²) in [5.74, 6) is -0.205. The van der Waals surface area contributed by atoms with Crippen LogP contribution in [0.1, 0.15) is 24.5 Å². The van der Waals surface area contributed by atoms with Crippen LogP contribution in [-0.4, -0.2) is 41.5 Å². The molecule has 1 aromatic rings. The van der Waals surface area contributed by atoms with Crippen LogP contribution in [0.15, 0.2) is 30.3 Å². The van der Waals surface area contributed by atoms with Gasteiger partial charge in [0.25, 0.3) is 0 Å². The maximum Gasteiger partial charge on any atom is 0.239 e. The van der Waals surface area contributed by atoms with Gasteiger partial charge in [-0.15, -0.1) is 0 Å². The second-order valence-electron chi connectivity index (χ2n) is 4.65. The number of hydrogen-bond donors (Lipinski definition) is 2. The first-order valence-electron chi connectivity index (χ1n) is 6.44. The molecule has 1 aromatic carbocycles. The zero-order chi connectivity index (χ0) is 13.7. The SMILES string of the molecule is O=C(CN1CCCC1=O)NCC(O)c1ccccc1. The molecule has 1 saturated heterocycles. The molecule has 1 atom stereocenters. The number of rotatable bonds is 5. The van der Waals surface area contributed by atoms with Gasteiger partial charge < -0.3 is 15.3 Å². The lowest BCUT2D eigenvalue weighted by Crippen LogP contribution is -2.39. The molecule has 5 nitrogen and oxygen atoms in total. The van der Waals surface area contributed by atoms with E-state index in [9.17, 15) is 14.7 Å². The third kappa shape index (κ3) is 3.79. The maximum atomic E-state index is 11.7. The van der Waals surface area contributed by atoms with Crippen molar-refractivity contribution in [1.82, 2.24) is 10.2 Å². The minimum absolute atomic E-state index is 0.0266. The molecule has 0 radical (unpaired) electrons. The van der Waals surface area contributed by atoms with Crippen LogP contribution in [0.5, 0.6) is 0 Å². The second kappa shape index (κ2) is 6.33. The Morgan fingerprint density at radius 1 is 1.37 bits per heavy atom. The summed E-state index contributed by atoms with van der Waals surface area (Å²) in [5.41, 5.74) is 0.764. The van der Waals surface area contributed by atoms with Crippen LogP contribution in [0.4, 0.5) is 0 Å². The Morgan fingerprint density at radius 3 is 2.74 bits per heavy atom. The number of aliphatic hydroxyl groups is 1. The maximum absolute atomic E-state index is 11.7. The molecule has 0 bridgehead atoms. The fraction of sp³-hybridized carbons (Fsp3) is 0.429. The van der Waals surface area contributed by atoms with Gasteiger partial charge in [0, 0.05) is 19.5 Å². The van der Waals surface area contributed by atoms with Gasteiger partial charge in [-0.05, 0) is 12.0 Å². The van der Waals surface area contributed by atoms with E-state index >= 15 is 0 Å². The largest absolute Gasteiger partial charge is 0.387 e. The number of nitrogens with zero attached hydrogens (tertiary/aromatic N) is 1. The Bertz CT molecular complexity index is 447. The lowest BCUT2D eigenvalue weighted by Gasteiger charge is -2.16. The van der Waals surface area contributed by atoms with Crippen LogP contribution in [0.2, 0.25) is 0 Å². The third-order valence-corrected chi connectivity index (χ3v) is 3.18. The highest BCUT2D eigenvalue weighted by atomic mass is 16.3. The van der Waals surface area contributed by atoms with E-state index in [2.05, 4.69) is 5.32 Å². The van der Waals surface area contributed by atoms with Crippen LogP contribution in [0, 0.1) is 0 Å². The van der Waals surface area contributed by atoms with E-state index in [1.807, 2.05) is 18.2 Å². The van der Waals surface area contributed by atoms with Crippen molar-refractivity contribution in [1.29, 1.82) is 0 Å². The van der Waals surface area contributed by atoms with Crippen LogP contribution >= 0.6 is 0 Å². The average Bonchev–Trinajstić information content (AvgIpc) is 2.82. The molecule has 1 unspecified atom stereocenters. The summed E-state index contributed by atoms with van der Waals surface area (Å²) in [7, 11) is 0. The molecular formula is C14H18N2O3. The smallest absolute Gasteiger partial charge is 0.239 e. The molecule has 2 rings (SSSR count). The first-order chi connectivity index (χ1) is 9.16. The normalized spacial score (nSPS) is 16.5. The zero-order valence-electron chi connectivity index (χ0n) is 10.7. The summed E-state index contributed by atoms with van der Waals surface area (Å²) in [4.78, 5) is 24.6. The molecular weight excluding hydrogens is 244 g/mol. The molecule has 1 aliphatic heterocycles. The highest BCUT2D eigenvalue weighted by Crippen LogP contribution is 2.11. The Labute approximate surface area is 112 Å².